The van der Waals surface area contributed by atoms with Gasteiger partial charge in [0.1, 0.15) is 12.3 Å². The molecule has 0 saturated carbocycles. The predicted molar refractivity (Wildman–Crippen MR) is 190 cm³/mol. The summed E-state index contributed by atoms with van der Waals surface area (Å²) in [6.45, 7) is 10.2. The second-order valence-corrected chi connectivity index (χ2v) is 11.2. The quantitative estimate of drug-likeness (QED) is 0.0234. The third-order valence-electron chi connectivity index (χ3n) is 7.24. The minimum atomic E-state index is -1.01. The van der Waals surface area contributed by atoms with Crippen LogP contribution in [0.5, 0.6) is 0 Å². The van der Waals surface area contributed by atoms with Crippen LogP contribution in [0.3, 0.4) is 0 Å². The van der Waals surface area contributed by atoms with Gasteiger partial charge >= 0.3 is 0 Å². The van der Waals surface area contributed by atoms with Crippen LogP contribution < -0.4 is 38.9 Å². The zero-order valence-corrected chi connectivity index (χ0v) is 28.6. The van der Waals surface area contributed by atoms with E-state index in [-0.39, 0.29) is 54.6 Å². The van der Waals surface area contributed by atoms with Gasteiger partial charge in [0.2, 0.25) is 11.8 Å². The van der Waals surface area contributed by atoms with Gasteiger partial charge in [-0.15, -0.1) is 0 Å². The lowest BCUT2D eigenvalue weighted by Gasteiger charge is -2.21. The summed E-state index contributed by atoms with van der Waals surface area (Å²) in [5.41, 5.74) is 24.3. The zero-order valence-electron chi connectivity index (χ0n) is 28.6. The minimum Gasteiger partial charge on any atom is -0.380 e. The molecule has 0 unspecified atom stereocenters. The first-order valence-electron chi connectivity index (χ1n) is 16.0. The van der Waals surface area contributed by atoms with E-state index < -0.39 is 17.9 Å². The SMILES string of the molecule is C=C(/C=C(C(=O)N[C@H](CCCN=C(N)N)C(=O)NC1=CCC=C(CCC)C(C=O)=C1)\C(=C/C)COC)NC(=O)[C@H](C)CCCN=C(N)N. The molecule has 1 aliphatic rings. The number of hydrogen-bond donors (Lipinski definition) is 7. The fourth-order valence-corrected chi connectivity index (χ4v) is 4.72. The van der Waals surface area contributed by atoms with E-state index in [4.69, 9.17) is 27.7 Å². The van der Waals surface area contributed by atoms with Crippen LogP contribution in [0.25, 0.3) is 0 Å². The molecule has 1 aliphatic carbocycles. The largest absolute Gasteiger partial charge is 0.380 e. The number of nitrogens with zero attached hydrogens (tertiary/aromatic N) is 2. The van der Waals surface area contributed by atoms with Crippen LogP contribution in [0.15, 0.2) is 80.6 Å². The highest BCUT2D eigenvalue weighted by molar-refractivity contribution is 6.01. The summed E-state index contributed by atoms with van der Waals surface area (Å²) >= 11 is 0. The molecule has 0 saturated heterocycles. The summed E-state index contributed by atoms with van der Waals surface area (Å²) in [5.74, 6) is -1.84. The molecule has 48 heavy (non-hydrogen) atoms. The van der Waals surface area contributed by atoms with Crippen LogP contribution in [-0.2, 0) is 23.9 Å². The van der Waals surface area contributed by atoms with E-state index in [0.29, 0.717) is 49.1 Å². The summed E-state index contributed by atoms with van der Waals surface area (Å²) in [6.07, 6.45) is 13.1. The van der Waals surface area contributed by atoms with E-state index >= 15 is 0 Å². The van der Waals surface area contributed by atoms with E-state index in [0.717, 1.165) is 24.7 Å². The van der Waals surface area contributed by atoms with Gasteiger partial charge in [-0.05, 0) is 68.7 Å². The Labute approximate surface area is 283 Å². The fourth-order valence-electron chi connectivity index (χ4n) is 4.72. The van der Waals surface area contributed by atoms with Crippen molar-refractivity contribution in [2.45, 2.75) is 71.8 Å². The molecule has 0 aromatic heterocycles. The molecule has 0 spiro atoms. The molecule has 0 heterocycles. The van der Waals surface area contributed by atoms with Gasteiger partial charge in [-0.3, -0.25) is 29.2 Å². The molecule has 0 aromatic carbocycles. The Morgan fingerprint density at radius 2 is 1.69 bits per heavy atom. The second-order valence-electron chi connectivity index (χ2n) is 11.2. The number of rotatable bonds is 21. The lowest BCUT2D eigenvalue weighted by atomic mass is 10.0. The average molecular weight is 668 g/mol. The van der Waals surface area contributed by atoms with E-state index in [2.05, 4.69) is 32.5 Å². The molecular weight excluding hydrogens is 614 g/mol. The summed E-state index contributed by atoms with van der Waals surface area (Å²) in [5, 5.41) is 8.41. The van der Waals surface area contributed by atoms with Crippen molar-refractivity contribution < 1.29 is 23.9 Å². The molecular formula is C34H53N9O5. The van der Waals surface area contributed by atoms with Gasteiger partial charge in [0.25, 0.3) is 5.91 Å². The number of aliphatic imine (C=N–C) groups is 2. The summed E-state index contributed by atoms with van der Waals surface area (Å²) < 4.78 is 5.31. The van der Waals surface area contributed by atoms with Crippen molar-refractivity contribution in [3.63, 3.8) is 0 Å². The number of carbonyl (C=O) groups is 4. The first-order chi connectivity index (χ1) is 22.9. The van der Waals surface area contributed by atoms with Crippen LogP contribution in [0.1, 0.15) is 65.7 Å². The number of allylic oxidation sites excluding steroid dienone is 7. The van der Waals surface area contributed by atoms with Gasteiger partial charge < -0.3 is 43.6 Å². The molecule has 14 heteroatoms. The number of carbonyl (C=O) groups excluding carboxylic acids is 4. The molecule has 2 atom stereocenters. The molecule has 0 fully saturated rings. The highest BCUT2D eigenvalue weighted by Crippen LogP contribution is 2.21. The van der Waals surface area contributed by atoms with Crippen molar-refractivity contribution in [3.8, 4) is 0 Å². The van der Waals surface area contributed by atoms with Crippen molar-refractivity contribution in [1.29, 1.82) is 0 Å². The maximum absolute atomic E-state index is 13.8. The van der Waals surface area contributed by atoms with E-state index in [1.165, 1.54) is 13.2 Å². The Balaban J connectivity index is 3.27. The molecule has 14 nitrogen and oxygen atoms in total. The lowest BCUT2D eigenvalue weighted by Crippen LogP contribution is -2.47. The van der Waals surface area contributed by atoms with E-state index in [1.807, 2.05) is 13.0 Å². The monoisotopic (exact) mass is 667 g/mol. The highest BCUT2D eigenvalue weighted by Gasteiger charge is 2.25. The molecule has 0 aromatic rings. The van der Waals surface area contributed by atoms with Crippen LogP contribution in [0.4, 0.5) is 0 Å². The van der Waals surface area contributed by atoms with Crippen molar-refractivity contribution >= 4 is 35.9 Å². The van der Waals surface area contributed by atoms with Gasteiger partial charge in [-0.25, -0.2) is 0 Å². The number of ether oxygens (including phenoxy) is 1. The Bertz CT molecular complexity index is 1360. The maximum atomic E-state index is 13.8. The molecule has 3 amide bonds. The number of nitrogens with two attached hydrogens (primary N) is 4. The Hall–Kier alpha value is -4.98. The van der Waals surface area contributed by atoms with Crippen LogP contribution >= 0.6 is 0 Å². The smallest absolute Gasteiger partial charge is 0.252 e. The minimum absolute atomic E-state index is 0.00977. The fraction of sp³-hybridized carbons (Fsp3) is 0.471. The summed E-state index contributed by atoms with van der Waals surface area (Å²) in [6, 6.07) is -1.01. The summed E-state index contributed by atoms with van der Waals surface area (Å²) in [4.78, 5) is 60.0. The molecule has 264 valence electrons. The van der Waals surface area contributed by atoms with Crippen LogP contribution in [0, 0.1) is 5.92 Å². The Morgan fingerprint density at radius 3 is 2.25 bits per heavy atom. The average Bonchev–Trinajstić information content (AvgIpc) is 3.23. The van der Waals surface area contributed by atoms with Gasteiger partial charge in [-0.2, -0.15) is 0 Å². The Kier molecular flexibility index (Phi) is 19.3. The standard InChI is InChI=1S/C34H53N9O5/c1-6-11-25-13-8-14-27(19-26(25)20-44)42-32(47)29(15-10-17-40-34(37)38)43-31(46)28(24(7-2)21-48-5)18-23(4)41-30(45)22(3)12-9-16-39-33(35)36/h7,13-14,18-20,22,29H,4,6,8-12,15-17,21H2,1-3,5H3,(H,41,45)(H,42,47)(H,43,46)(H4,35,36,39)(H4,37,38,40)/b24-7-,28-18+/t22-,29-/m1/s1. The zero-order chi connectivity index (χ0) is 36.1. The first-order valence-corrected chi connectivity index (χ1v) is 16.0. The first kappa shape index (κ1) is 41.0. The van der Waals surface area contributed by atoms with Gasteiger partial charge in [0.15, 0.2) is 11.9 Å². The van der Waals surface area contributed by atoms with E-state index in [1.54, 1.807) is 32.1 Å². The highest BCUT2D eigenvalue weighted by atomic mass is 16.5. The number of hydrogen-bond acceptors (Lipinski definition) is 7. The molecule has 1 rings (SSSR count). The van der Waals surface area contributed by atoms with E-state index in [9.17, 15) is 19.2 Å². The van der Waals surface area contributed by atoms with Crippen molar-refractivity contribution in [3.05, 3.63) is 70.6 Å². The topological polar surface area (TPSA) is 242 Å². The van der Waals surface area contributed by atoms with Crippen molar-refractivity contribution in [1.82, 2.24) is 16.0 Å². The van der Waals surface area contributed by atoms with Gasteiger partial charge in [-0.1, -0.05) is 45.1 Å². The molecule has 0 bridgehead atoms. The summed E-state index contributed by atoms with van der Waals surface area (Å²) in [7, 11) is 1.49. The number of amides is 3. The maximum Gasteiger partial charge on any atom is 0.252 e. The van der Waals surface area contributed by atoms with Gasteiger partial charge in [0.05, 0.1) is 6.61 Å². The molecule has 11 N–H and O–H groups in total. The van der Waals surface area contributed by atoms with Crippen LogP contribution in [0.2, 0.25) is 0 Å². The predicted octanol–water partition coefficient (Wildman–Crippen LogP) is 1.62. The number of methoxy groups -OCH3 is 1. The number of aldehydes is 1. The third-order valence-corrected chi connectivity index (χ3v) is 7.24. The van der Waals surface area contributed by atoms with Crippen molar-refractivity contribution in [2.24, 2.45) is 38.8 Å². The second kappa shape index (κ2) is 22.5. The third kappa shape index (κ3) is 15.5. The van der Waals surface area contributed by atoms with Crippen molar-refractivity contribution in [2.75, 3.05) is 26.8 Å². The lowest BCUT2D eigenvalue weighted by molar-refractivity contribution is -0.127. The van der Waals surface area contributed by atoms with Crippen LogP contribution in [-0.4, -0.2) is 68.8 Å². The van der Waals surface area contributed by atoms with Gasteiger partial charge in [0, 0.05) is 48.7 Å². The Morgan fingerprint density at radius 1 is 1.04 bits per heavy atom. The number of nitrogens with one attached hydrogen (secondary N) is 3. The number of guanidine groups is 2. The molecule has 0 aliphatic heterocycles. The molecule has 0 radical (unpaired) electrons. The normalized spacial score (nSPS) is 14.5.